The van der Waals surface area contributed by atoms with Crippen LogP contribution in [0.25, 0.3) is 5.52 Å². The molecule has 3 rings (SSSR count). The Hall–Kier alpha value is -2.35. The molecule has 130 valence electrons. The monoisotopic (exact) mass is 334 g/mol. The molecule has 1 aliphatic rings. The standard InChI is InChI=1S/C16H22N4O4/c1-16(2,3)15(22)23-7-9-4-5-12(24-9)10-6-11(21)13-14(17)18-8-19-20(10)13/h6,8-9,12,21H,4-5,7H2,1-3H3,(H2,17,18,19). The lowest BCUT2D eigenvalue weighted by Gasteiger charge is -2.19. The minimum atomic E-state index is -0.532. The largest absolute Gasteiger partial charge is 0.505 e. The summed E-state index contributed by atoms with van der Waals surface area (Å²) in [7, 11) is 0. The topological polar surface area (TPSA) is 112 Å². The first-order valence-electron chi connectivity index (χ1n) is 7.91. The van der Waals surface area contributed by atoms with Gasteiger partial charge in [-0.15, -0.1) is 0 Å². The molecule has 2 unspecified atom stereocenters. The average Bonchev–Trinajstić information content (AvgIpc) is 3.09. The lowest BCUT2D eigenvalue weighted by Crippen LogP contribution is -2.27. The third kappa shape index (κ3) is 3.01. The van der Waals surface area contributed by atoms with Gasteiger partial charge in [-0.1, -0.05) is 0 Å². The second-order valence-corrected chi connectivity index (χ2v) is 7.03. The molecule has 8 nitrogen and oxygen atoms in total. The Morgan fingerprint density at radius 2 is 2.25 bits per heavy atom. The number of ether oxygens (including phenoxy) is 2. The second-order valence-electron chi connectivity index (χ2n) is 7.03. The Morgan fingerprint density at radius 3 is 2.96 bits per heavy atom. The molecule has 0 amide bonds. The van der Waals surface area contributed by atoms with Gasteiger partial charge in [-0.3, -0.25) is 4.79 Å². The molecule has 8 heteroatoms. The highest BCUT2D eigenvalue weighted by Gasteiger charge is 2.32. The highest BCUT2D eigenvalue weighted by atomic mass is 16.6. The summed E-state index contributed by atoms with van der Waals surface area (Å²) in [5.41, 5.74) is 6.34. The molecule has 1 aliphatic heterocycles. The Kier molecular flexibility index (Phi) is 4.08. The summed E-state index contributed by atoms with van der Waals surface area (Å²) in [6.07, 6.45) is 2.42. The molecule has 0 spiro atoms. The van der Waals surface area contributed by atoms with Crippen LogP contribution in [0.15, 0.2) is 12.4 Å². The van der Waals surface area contributed by atoms with Crippen LogP contribution in [0.1, 0.15) is 45.4 Å². The summed E-state index contributed by atoms with van der Waals surface area (Å²) in [6, 6.07) is 1.59. The van der Waals surface area contributed by atoms with E-state index in [4.69, 9.17) is 15.2 Å². The Balaban J connectivity index is 1.71. The maximum atomic E-state index is 11.8. The number of carbonyl (C=O) groups is 1. The number of fused-ring (bicyclic) bond motifs is 1. The molecule has 2 aromatic heterocycles. The molecular weight excluding hydrogens is 312 g/mol. The Labute approximate surface area is 139 Å². The molecule has 0 radical (unpaired) electrons. The summed E-state index contributed by atoms with van der Waals surface area (Å²) < 4.78 is 12.8. The minimum Gasteiger partial charge on any atom is -0.505 e. The second kappa shape index (κ2) is 5.94. The summed E-state index contributed by atoms with van der Waals surface area (Å²) in [4.78, 5) is 15.7. The smallest absolute Gasteiger partial charge is 0.311 e. The molecule has 1 saturated heterocycles. The zero-order valence-electron chi connectivity index (χ0n) is 14.0. The minimum absolute atomic E-state index is 0.0225. The SMILES string of the molecule is CC(C)(C)C(=O)OCC1CCC(c2cc(O)c3c(N)ncnn23)O1. The van der Waals surface area contributed by atoms with Crippen LogP contribution in [-0.4, -0.2) is 38.4 Å². The molecule has 0 bridgehead atoms. The number of nitrogens with zero attached hydrogens (tertiary/aromatic N) is 3. The first-order chi connectivity index (χ1) is 11.3. The first kappa shape index (κ1) is 16.5. The molecule has 1 fully saturated rings. The normalized spacial score (nSPS) is 21.3. The molecular formula is C16H22N4O4. The number of nitrogen functional groups attached to an aromatic ring is 1. The number of hydrogen-bond acceptors (Lipinski definition) is 7. The molecule has 2 atom stereocenters. The van der Waals surface area contributed by atoms with Crippen molar-refractivity contribution in [3.8, 4) is 5.75 Å². The van der Waals surface area contributed by atoms with Crippen molar-refractivity contribution in [1.82, 2.24) is 14.6 Å². The zero-order chi connectivity index (χ0) is 17.5. The number of esters is 1. The number of carbonyl (C=O) groups excluding carboxylic acids is 1. The van der Waals surface area contributed by atoms with E-state index in [1.165, 1.54) is 6.33 Å². The van der Waals surface area contributed by atoms with Gasteiger partial charge in [-0.05, 0) is 33.6 Å². The predicted octanol–water partition coefficient (Wildman–Crippen LogP) is 1.83. The molecule has 3 heterocycles. The average molecular weight is 334 g/mol. The molecule has 3 N–H and O–H groups in total. The molecule has 0 saturated carbocycles. The quantitative estimate of drug-likeness (QED) is 0.823. The number of aromatic hydroxyl groups is 1. The van der Waals surface area contributed by atoms with Gasteiger partial charge >= 0.3 is 5.97 Å². The predicted molar refractivity (Wildman–Crippen MR) is 86.3 cm³/mol. The van der Waals surface area contributed by atoms with Crippen LogP contribution >= 0.6 is 0 Å². The van der Waals surface area contributed by atoms with Crippen molar-refractivity contribution in [1.29, 1.82) is 0 Å². The van der Waals surface area contributed by atoms with Crippen molar-refractivity contribution < 1.29 is 19.4 Å². The molecule has 2 aromatic rings. The highest BCUT2D eigenvalue weighted by molar-refractivity contribution is 5.75. The van der Waals surface area contributed by atoms with E-state index in [0.29, 0.717) is 11.2 Å². The Bertz CT molecular complexity index is 765. The van der Waals surface area contributed by atoms with Crippen LogP contribution in [0, 0.1) is 5.41 Å². The van der Waals surface area contributed by atoms with Gasteiger partial charge in [-0.25, -0.2) is 9.50 Å². The first-order valence-corrected chi connectivity index (χ1v) is 7.91. The molecule has 0 aliphatic carbocycles. The van der Waals surface area contributed by atoms with Gasteiger partial charge in [0, 0.05) is 6.07 Å². The molecule has 0 aromatic carbocycles. The van der Waals surface area contributed by atoms with Crippen LogP contribution < -0.4 is 5.73 Å². The lowest BCUT2D eigenvalue weighted by molar-refractivity contribution is -0.156. The fourth-order valence-corrected chi connectivity index (χ4v) is 2.73. The van der Waals surface area contributed by atoms with Crippen LogP contribution in [-0.2, 0) is 14.3 Å². The van der Waals surface area contributed by atoms with Crippen LogP contribution in [0.3, 0.4) is 0 Å². The summed E-state index contributed by atoms with van der Waals surface area (Å²) in [5.74, 6) is -0.0161. The van der Waals surface area contributed by atoms with Crippen molar-refractivity contribution in [3.05, 3.63) is 18.1 Å². The van der Waals surface area contributed by atoms with Crippen molar-refractivity contribution in [2.24, 2.45) is 5.41 Å². The number of hydrogen-bond donors (Lipinski definition) is 2. The van der Waals surface area contributed by atoms with Crippen LogP contribution in [0.4, 0.5) is 5.82 Å². The summed E-state index contributed by atoms with van der Waals surface area (Å²) in [6.45, 7) is 5.66. The van der Waals surface area contributed by atoms with E-state index >= 15 is 0 Å². The van der Waals surface area contributed by atoms with E-state index in [0.717, 1.165) is 12.8 Å². The van der Waals surface area contributed by atoms with Gasteiger partial charge in [-0.2, -0.15) is 5.10 Å². The summed E-state index contributed by atoms with van der Waals surface area (Å²) >= 11 is 0. The van der Waals surface area contributed by atoms with Crippen molar-refractivity contribution >= 4 is 17.3 Å². The fraction of sp³-hybridized carbons (Fsp3) is 0.562. The third-order valence-electron chi connectivity index (χ3n) is 4.04. The van der Waals surface area contributed by atoms with Gasteiger partial charge < -0.3 is 20.3 Å². The molecule has 24 heavy (non-hydrogen) atoms. The van der Waals surface area contributed by atoms with Gasteiger partial charge in [0.2, 0.25) is 0 Å². The van der Waals surface area contributed by atoms with Gasteiger partial charge in [0.05, 0.1) is 17.2 Å². The lowest BCUT2D eigenvalue weighted by atomic mass is 9.97. The van der Waals surface area contributed by atoms with Crippen molar-refractivity contribution in [2.75, 3.05) is 12.3 Å². The maximum Gasteiger partial charge on any atom is 0.311 e. The van der Waals surface area contributed by atoms with Crippen molar-refractivity contribution in [2.45, 2.75) is 45.8 Å². The van der Waals surface area contributed by atoms with E-state index in [1.54, 1.807) is 10.6 Å². The fourth-order valence-electron chi connectivity index (χ4n) is 2.73. The summed E-state index contributed by atoms with van der Waals surface area (Å²) in [5, 5.41) is 14.2. The van der Waals surface area contributed by atoms with Crippen molar-refractivity contribution in [3.63, 3.8) is 0 Å². The van der Waals surface area contributed by atoms with Gasteiger partial charge in [0.1, 0.15) is 30.3 Å². The number of aromatic nitrogens is 3. The van der Waals surface area contributed by atoms with Crippen LogP contribution in [0.5, 0.6) is 5.75 Å². The zero-order valence-corrected chi connectivity index (χ0v) is 14.0. The number of anilines is 1. The van der Waals surface area contributed by atoms with E-state index in [-0.39, 0.29) is 36.4 Å². The van der Waals surface area contributed by atoms with Crippen LogP contribution in [0.2, 0.25) is 0 Å². The maximum absolute atomic E-state index is 11.8. The van der Waals surface area contributed by atoms with Gasteiger partial charge in [0.15, 0.2) is 5.82 Å². The highest BCUT2D eigenvalue weighted by Crippen LogP contribution is 2.37. The van der Waals surface area contributed by atoms with Gasteiger partial charge in [0.25, 0.3) is 0 Å². The Morgan fingerprint density at radius 1 is 1.50 bits per heavy atom. The third-order valence-corrected chi connectivity index (χ3v) is 4.04. The number of rotatable bonds is 3. The van der Waals surface area contributed by atoms with E-state index in [1.807, 2.05) is 20.8 Å². The van der Waals surface area contributed by atoms with E-state index in [2.05, 4.69) is 10.1 Å². The van der Waals surface area contributed by atoms with E-state index < -0.39 is 5.41 Å². The van der Waals surface area contributed by atoms with E-state index in [9.17, 15) is 9.90 Å². The number of nitrogens with two attached hydrogens (primary N) is 1.